The van der Waals surface area contributed by atoms with Crippen LogP contribution < -0.4 is 0 Å². The minimum absolute atomic E-state index is 0.179. The Balaban J connectivity index is 3.75. The summed E-state index contributed by atoms with van der Waals surface area (Å²) in [5, 5.41) is 9.11. The van der Waals surface area contributed by atoms with Gasteiger partial charge >= 0.3 is 5.97 Å². The van der Waals surface area contributed by atoms with Gasteiger partial charge in [0.2, 0.25) is 5.67 Å². The van der Waals surface area contributed by atoms with Gasteiger partial charge in [-0.2, -0.15) is 0 Å². The Kier molecular flexibility index (Phi) is 12.7. The van der Waals surface area contributed by atoms with Gasteiger partial charge in [-0.3, -0.25) is 0 Å². The highest BCUT2D eigenvalue weighted by Crippen LogP contribution is 2.27. The van der Waals surface area contributed by atoms with Gasteiger partial charge in [-0.05, 0) is 25.7 Å². The van der Waals surface area contributed by atoms with Gasteiger partial charge in [-0.25, -0.2) is 9.18 Å². The standard InChI is InChI=1S/C18H35FO2/c1-3-5-7-9-10-11-12-14-16-18(19,17(20)21)15-13-8-6-4-2/h3-16H2,1-2H3,(H,20,21). The fourth-order valence-corrected chi connectivity index (χ4v) is 2.71. The topological polar surface area (TPSA) is 37.3 Å². The lowest BCUT2D eigenvalue weighted by atomic mass is 9.91. The molecule has 126 valence electrons. The van der Waals surface area contributed by atoms with Gasteiger partial charge in [-0.1, -0.05) is 78.1 Å². The molecule has 0 amide bonds. The Bertz CT molecular complexity index is 256. The molecule has 3 heteroatoms. The molecule has 0 aliphatic carbocycles. The van der Waals surface area contributed by atoms with Gasteiger partial charge in [0.15, 0.2) is 0 Å². The number of hydrogen-bond donors (Lipinski definition) is 1. The van der Waals surface area contributed by atoms with Crippen LogP contribution in [0.4, 0.5) is 4.39 Å². The molecule has 1 unspecified atom stereocenters. The zero-order valence-corrected chi connectivity index (χ0v) is 14.1. The second-order valence-electron chi connectivity index (χ2n) is 6.31. The predicted octanol–water partition coefficient (Wildman–Crippen LogP) is 6.28. The summed E-state index contributed by atoms with van der Waals surface area (Å²) < 4.78 is 14.4. The highest BCUT2D eigenvalue weighted by molar-refractivity contribution is 5.77. The molecular formula is C18H35FO2. The molecule has 0 saturated carbocycles. The van der Waals surface area contributed by atoms with Crippen molar-refractivity contribution in [3.63, 3.8) is 0 Å². The fraction of sp³-hybridized carbons (Fsp3) is 0.944. The molecule has 1 atom stereocenters. The largest absolute Gasteiger partial charge is 0.479 e. The Morgan fingerprint density at radius 2 is 1.10 bits per heavy atom. The molecule has 21 heavy (non-hydrogen) atoms. The van der Waals surface area contributed by atoms with Crippen molar-refractivity contribution in [1.29, 1.82) is 0 Å². The van der Waals surface area contributed by atoms with E-state index < -0.39 is 11.6 Å². The molecule has 0 radical (unpaired) electrons. The summed E-state index contributed by atoms with van der Waals surface area (Å²) in [6.45, 7) is 4.30. The first-order valence-electron chi connectivity index (χ1n) is 8.99. The van der Waals surface area contributed by atoms with Gasteiger partial charge in [0.25, 0.3) is 0 Å². The van der Waals surface area contributed by atoms with Crippen LogP contribution in [0, 0.1) is 0 Å². The van der Waals surface area contributed by atoms with Crippen molar-refractivity contribution >= 4 is 5.97 Å². The fourth-order valence-electron chi connectivity index (χ4n) is 2.71. The maximum Gasteiger partial charge on any atom is 0.341 e. The zero-order valence-electron chi connectivity index (χ0n) is 14.1. The molecule has 0 bridgehead atoms. The van der Waals surface area contributed by atoms with Crippen molar-refractivity contribution in [2.45, 2.75) is 109 Å². The lowest BCUT2D eigenvalue weighted by Crippen LogP contribution is -2.33. The minimum Gasteiger partial charge on any atom is -0.479 e. The third-order valence-corrected chi connectivity index (χ3v) is 4.24. The monoisotopic (exact) mass is 302 g/mol. The van der Waals surface area contributed by atoms with Gasteiger partial charge in [0.1, 0.15) is 0 Å². The van der Waals surface area contributed by atoms with E-state index in [0.717, 1.165) is 32.1 Å². The number of alkyl halides is 1. The van der Waals surface area contributed by atoms with E-state index in [1.165, 1.54) is 32.1 Å². The third-order valence-electron chi connectivity index (χ3n) is 4.24. The van der Waals surface area contributed by atoms with E-state index in [1.807, 2.05) is 0 Å². The van der Waals surface area contributed by atoms with Crippen molar-refractivity contribution in [1.82, 2.24) is 0 Å². The summed E-state index contributed by atoms with van der Waals surface area (Å²) >= 11 is 0. The van der Waals surface area contributed by atoms with Crippen molar-refractivity contribution in [3.05, 3.63) is 0 Å². The molecule has 0 heterocycles. The lowest BCUT2D eigenvalue weighted by Gasteiger charge is -2.20. The Morgan fingerprint density at radius 3 is 1.48 bits per heavy atom. The van der Waals surface area contributed by atoms with Gasteiger partial charge in [-0.15, -0.1) is 0 Å². The van der Waals surface area contributed by atoms with Crippen LogP contribution in [-0.4, -0.2) is 16.7 Å². The molecule has 0 aromatic carbocycles. The minimum atomic E-state index is -1.99. The highest BCUT2D eigenvalue weighted by Gasteiger charge is 2.37. The second-order valence-corrected chi connectivity index (χ2v) is 6.31. The maximum atomic E-state index is 14.4. The number of aliphatic carboxylic acids is 1. The molecule has 0 spiro atoms. The van der Waals surface area contributed by atoms with Crippen molar-refractivity contribution < 1.29 is 14.3 Å². The number of carboxylic acid groups (broad SMARTS) is 1. The number of carbonyl (C=O) groups is 1. The average Bonchev–Trinajstić information content (AvgIpc) is 2.46. The Morgan fingerprint density at radius 1 is 0.762 bits per heavy atom. The number of halogens is 1. The molecule has 1 N–H and O–H groups in total. The quantitative estimate of drug-likeness (QED) is 0.361. The van der Waals surface area contributed by atoms with E-state index >= 15 is 0 Å². The number of unbranched alkanes of at least 4 members (excludes halogenated alkanes) is 10. The van der Waals surface area contributed by atoms with Crippen LogP contribution in [0.15, 0.2) is 0 Å². The van der Waals surface area contributed by atoms with Crippen LogP contribution in [-0.2, 0) is 4.79 Å². The summed E-state index contributed by atoms with van der Waals surface area (Å²) in [7, 11) is 0. The van der Waals surface area contributed by atoms with Gasteiger partial charge < -0.3 is 5.11 Å². The van der Waals surface area contributed by atoms with Crippen LogP contribution in [0.1, 0.15) is 104 Å². The average molecular weight is 302 g/mol. The molecule has 0 aliphatic rings. The van der Waals surface area contributed by atoms with Gasteiger partial charge in [0.05, 0.1) is 0 Å². The molecule has 0 fully saturated rings. The van der Waals surface area contributed by atoms with Crippen LogP contribution >= 0.6 is 0 Å². The first kappa shape index (κ1) is 20.4. The maximum absolute atomic E-state index is 14.4. The summed E-state index contributed by atoms with van der Waals surface area (Å²) in [6, 6.07) is 0. The Labute approximate surface area is 130 Å². The summed E-state index contributed by atoms with van der Waals surface area (Å²) in [6.07, 6.45) is 13.2. The van der Waals surface area contributed by atoms with E-state index in [0.29, 0.717) is 12.8 Å². The molecule has 2 nitrogen and oxygen atoms in total. The lowest BCUT2D eigenvalue weighted by molar-refractivity contribution is -0.152. The predicted molar refractivity (Wildman–Crippen MR) is 87.5 cm³/mol. The summed E-state index contributed by atoms with van der Waals surface area (Å²) in [5.74, 6) is -1.26. The third kappa shape index (κ3) is 10.7. The van der Waals surface area contributed by atoms with Crippen LogP contribution in [0.25, 0.3) is 0 Å². The molecule has 0 saturated heterocycles. The van der Waals surface area contributed by atoms with Crippen molar-refractivity contribution in [3.8, 4) is 0 Å². The molecule has 0 aliphatic heterocycles. The molecular weight excluding hydrogens is 267 g/mol. The van der Waals surface area contributed by atoms with Crippen LogP contribution in [0.3, 0.4) is 0 Å². The first-order chi connectivity index (χ1) is 10.1. The SMILES string of the molecule is CCCCCCCCCCC(F)(CCCCCC)C(=O)O. The number of rotatable bonds is 15. The van der Waals surface area contributed by atoms with E-state index in [2.05, 4.69) is 13.8 Å². The van der Waals surface area contributed by atoms with E-state index in [4.69, 9.17) is 5.11 Å². The number of hydrogen-bond acceptors (Lipinski definition) is 1. The molecule has 0 aromatic rings. The van der Waals surface area contributed by atoms with Crippen LogP contribution in [0.2, 0.25) is 0 Å². The van der Waals surface area contributed by atoms with E-state index in [-0.39, 0.29) is 12.8 Å². The van der Waals surface area contributed by atoms with Crippen molar-refractivity contribution in [2.24, 2.45) is 0 Å². The number of carboxylic acids is 1. The normalized spacial score (nSPS) is 14.0. The molecule has 0 aromatic heterocycles. The second kappa shape index (κ2) is 13.1. The first-order valence-corrected chi connectivity index (χ1v) is 8.99. The van der Waals surface area contributed by atoms with E-state index in [1.54, 1.807) is 0 Å². The smallest absolute Gasteiger partial charge is 0.341 e. The van der Waals surface area contributed by atoms with Gasteiger partial charge in [0, 0.05) is 0 Å². The Hall–Kier alpha value is -0.600. The van der Waals surface area contributed by atoms with Crippen LogP contribution in [0.5, 0.6) is 0 Å². The summed E-state index contributed by atoms with van der Waals surface area (Å²) in [4.78, 5) is 11.1. The summed E-state index contributed by atoms with van der Waals surface area (Å²) in [5.41, 5.74) is -1.99. The van der Waals surface area contributed by atoms with Crippen molar-refractivity contribution in [2.75, 3.05) is 0 Å². The highest BCUT2D eigenvalue weighted by atomic mass is 19.1. The molecule has 0 rings (SSSR count). The zero-order chi connectivity index (χ0) is 16.0. The van der Waals surface area contributed by atoms with E-state index in [9.17, 15) is 9.18 Å².